The second kappa shape index (κ2) is 5.64. The van der Waals surface area contributed by atoms with Crippen molar-refractivity contribution in [3.8, 4) is 0 Å². The van der Waals surface area contributed by atoms with E-state index in [1.807, 2.05) is 0 Å². The van der Waals surface area contributed by atoms with Gasteiger partial charge in [-0.1, -0.05) is 5.16 Å². The van der Waals surface area contributed by atoms with Gasteiger partial charge in [0.25, 0.3) is 5.22 Å². The second-order valence-electron chi connectivity index (χ2n) is 3.89. The number of rotatable bonds is 3. The zero-order chi connectivity index (χ0) is 15.6. The molecule has 0 saturated carbocycles. The molecule has 112 valence electrons. The second-order valence-corrected chi connectivity index (χ2v) is 4.83. The number of hydrogen-bond acceptors (Lipinski definition) is 6. The van der Waals surface area contributed by atoms with Gasteiger partial charge in [0.05, 0.1) is 11.3 Å². The molecule has 0 saturated heterocycles. The Labute approximate surface area is 120 Å². The summed E-state index contributed by atoms with van der Waals surface area (Å²) >= 11 is 0.748. The lowest BCUT2D eigenvalue weighted by molar-refractivity contribution is -0.141. The summed E-state index contributed by atoms with van der Waals surface area (Å²) < 4.78 is 43.2. The van der Waals surface area contributed by atoms with E-state index in [4.69, 9.17) is 15.4 Å². The van der Waals surface area contributed by atoms with Gasteiger partial charge in [-0.2, -0.15) is 13.2 Å². The third-order valence-corrected chi connectivity index (χ3v) is 3.18. The Hall–Kier alpha value is -2.23. The quantitative estimate of drug-likeness (QED) is 0.391. The number of aryl methyl sites for hydroxylation is 1. The normalized spacial score (nSPS) is 12.7. The molecule has 0 radical (unpaired) electrons. The minimum Gasteiger partial charge on any atom is -0.439 e. The third-order valence-electron chi connectivity index (χ3n) is 2.32. The van der Waals surface area contributed by atoms with Gasteiger partial charge in [-0.05, 0) is 30.8 Å². The summed E-state index contributed by atoms with van der Waals surface area (Å²) in [6.07, 6.45) is -3.26. The van der Waals surface area contributed by atoms with Gasteiger partial charge >= 0.3 is 6.18 Å². The molecule has 0 aromatic carbocycles. The molecule has 6 nitrogen and oxygen atoms in total. The van der Waals surface area contributed by atoms with Crippen molar-refractivity contribution in [3.05, 3.63) is 35.3 Å². The van der Waals surface area contributed by atoms with Crippen molar-refractivity contribution in [3.63, 3.8) is 0 Å². The maximum atomic E-state index is 12.7. The van der Waals surface area contributed by atoms with Gasteiger partial charge in [-0.3, -0.25) is 0 Å². The van der Waals surface area contributed by atoms with Gasteiger partial charge in [0.1, 0.15) is 17.0 Å². The standard InChI is InChI=1S/C11H9F3N4O2S/c1-5-4-20-10(16-5)21-9-6(8(15)18-19)2-3-7(17-9)11(12,13)14/h2-4,19H,1H3,(H2,15,18). The highest BCUT2D eigenvalue weighted by Crippen LogP contribution is 2.33. The molecule has 21 heavy (non-hydrogen) atoms. The van der Waals surface area contributed by atoms with Crippen molar-refractivity contribution in [2.24, 2.45) is 10.9 Å². The molecule has 0 spiro atoms. The lowest BCUT2D eigenvalue weighted by Crippen LogP contribution is -2.17. The Kier molecular flexibility index (Phi) is 4.07. The molecule has 2 heterocycles. The van der Waals surface area contributed by atoms with Crippen LogP contribution in [-0.2, 0) is 6.18 Å². The summed E-state index contributed by atoms with van der Waals surface area (Å²) in [6, 6.07) is 1.82. The van der Waals surface area contributed by atoms with E-state index in [0.717, 1.165) is 23.9 Å². The Bertz CT molecular complexity index is 684. The molecule has 0 atom stereocenters. The first kappa shape index (κ1) is 15.2. The van der Waals surface area contributed by atoms with E-state index in [1.165, 1.54) is 6.26 Å². The molecule has 2 aromatic heterocycles. The SMILES string of the molecule is Cc1coc(Sc2nc(C(F)(F)F)ccc2/C(N)=N/O)n1. The maximum Gasteiger partial charge on any atom is 0.433 e. The van der Waals surface area contributed by atoms with Crippen LogP contribution in [0.5, 0.6) is 0 Å². The van der Waals surface area contributed by atoms with Gasteiger partial charge in [0, 0.05) is 0 Å². The Morgan fingerprint density at radius 1 is 1.38 bits per heavy atom. The number of nitrogens with two attached hydrogens (primary N) is 1. The molecule has 0 aliphatic rings. The number of halogens is 3. The number of pyridine rings is 1. The third kappa shape index (κ3) is 3.45. The van der Waals surface area contributed by atoms with E-state index in [0.29, 0.717) is 5.69 Å². The van der Waals surface area contributed by atoms with Crippen LogP contribution in [0.15, 0.2) is 38.2 Å². The van der Waals surface area contributed by atoms with Crippen LogP contribution in [0.1, 0.15) is 17.0 Å². The summed E-state index contributed by atoms with van der Waals surface area (Å²) in [5.74, 6) is -0.359. The minimum absolute atomic E-state index is 0.0475. The van der Waals surface area contributed by atoms with Crippen LogP contribution in [0, 0.1) is 6.92 Å². The number of amidine groups is 1. The number of hydrogen-bond donors (Lipinski definition) is 2. The summed E-state index contributed by atoms with van der Waals surface area (Å²) in [6.45, 7) is 1.66. The monoisotopic (exact) mass is 318 g/mol. The Morgan fingerprint density at radius 3 is 2.62 bits per heavy atom. The van der Waals surface area contributed by atoms with E-state index in [-0.39, 0.29) is 21.6 Å². The van der Waals surface area contributed by atoms with E-state index in [9.17, 15) is 13.2 Å². The van der Waals surface area contributed by atoms with Crippen molar-refractivity contribution in [1.29, 1.82) is 0 Å². The fourth-order valence-corrected chi connectivity index (χ4v) is 2.26. The van der Waals surface area contributed by atoms with Crippen molar-refractivity contribution in [1.82, 2.24) is 9.97 Å². The lowest BCUT2D eigenvalue weighted by Gasteiger charge is -2.10. The zero-order valence-corrected chi connectivity index (χ0v) is 11.4. The average molecular weight is 318 g/mol. The van der Waals surface area contributed by atoms with Crippen molar-refractivity contribution >= 4 is 17.6 Å². The number of oxazole rings is 1. The van der Waals surface area contributed by atoms with E-state index in [1.54, 1.807) is 6.92 Å². The van der Waals surface area contributed by atoms with Gasteiger partial charge in [-0.25, -0.2) is 9.97 Å². The van der Waals surface area contributed by atoms with Crippen LogP contribution >= 0.6 is 11.8 Å². The fourth-order valence-electron chi connectivity index (χ4n) is 1.39. The molecule has 10 heteroatoms. The Balaban J connectivity index is 2.48. The summed E-state index contributed by atoms with van der Waals surface area (Å²) in [5, 5.41) is 11.4. The molecule has 2 rings (SSSR count). The lowest BCUT2D eigenvalue weighted by atomic mass is 10.2. The molecule has 0 amide bonds. The van der Waals surface area contributed by atoms with E-state index < -0.39 is 11.9 Å². The van der Waals surface area contributed by atoms with Crippen molar-refractivity contribution in [2.45, 2.75) is 23.3 Å². The summed E-state index contributed by atoms with van der Waals surface area (Å²) in [4.78, 5) is 7.44. The first-order valence-electron chi connectivity index (χ1n) is 5.47. The average Bonchev–Trinajstić information content (AvgIpc) is 2.82. The molecule has 2 aromatic rings. The highest BCUT2D eigenvalue weighted by atomic mass is 32.2. The molecular weight excluding hydrogens is 309 g/mol. The minimum atomic E-state index is -4.61. The molecule has 0 bridgehead atoms. The molecule has 3 N–H and O–H groups in total. The van der Waals surface area contributed by atoms with Crippen LogP contribution in [0.3, 0.4) is 0 Å². The van der Waals surface area contributed by atoms with Crippen LogP contribution in [0.25, 0.3) is 0 Å². The van der Waals surface area contributed by atoms with E-state index in [2.05, 4.69) is 15.1 Å². The highest BCUT2D eigenvalue weighted by molar-refractivity contribution is 7.99. The van der Waals surface area contributed by atoms with Crippen molar-refractivity contribution in [2.75, 3.05) is 0 Å². The van der Waals surface area contributed by atoms with Crippen molar-refractivity contribution < 1.29 is 22.8 Å². The molecular formula is C11H9F3N4O2S. The van der Waals surface area contributed by atoms with Gasteiger partial charge < -0.3 is 15.4 Å². The van der Waals surface area contributed by atoms with Gasteiger partial charge in [0.2, 0.25) is 0 Å². The van der Waals surface area contributed by atoms with Crippen LogP contribution in [-0.4, -0.2) is 21.0 Å². The topological polar surface area (TPSA) is 97.5 Å². The van der Waals surface area contributed by atoms with Crippen LogP contribution < -0.4 is 5.73 Å². The first-order valence-corrected chi connectivity index (χ1v) is 6.29. The Morgan fingerprint density at radius 2 is 2.10 bits per heavy atom. The smallest absolute Gasteiger partial charge is 0.433 e. The van der Waals surface area contributed by atoms with Crippen LogP contribution in [0.4, 0.5) is 13.2 Å². The summed E-state index contributed by atoms with van der Waals surface area (Å²) in [5.41, 5.74) is 4.95. The molecule has 0 fully saturated rings. The van der Waals surface area contributed by atoms with Gasteiger partial charge in [0.15, 0.2) is 5.84 Å². The summed E-state index contributed by atoms with van der Waals surface area (Å²) in [7, 11) is 0. The predicted molar refractivity (Wildman–Crippen MR) is 67.1 cm³/mol. The number of oxime groups is 1. The number of aromatic nitrogens is 2. The molecule has 0 unspecified atom stereocenters. The first-order chi connectivity index (χ1) is 9.81. The maximum absolute atomic E-state index is 12.7. The van der Waals surface area contributed by atoms with Gasteiger partial charge in [-0.15, -0.1) is 0 Å². The highest BCUT2D eigenvalue weighted by Gasteiger charge is 2.33. The molecule has 0 aliphatic carbocycles. The van der Waals surface area contributed by atoms with Crippen LogP contribution in [0.2, 0.25) is 0 Å². The van der Waals surface area contributed by atoms with E-state index >= 15 is 0 Å². The number of alkyl halides is 3. The largest absolute Gasteiger partial charge is 0.439 e. The predicted octanol–water partition coefficient (Wildman–Crippen LogP) is 2.64. The molecule has 0 aliphatic heterocycles. The number of nitrogens with zero attached hydrogens (tertiary/aromatic N) is 3. The fraction of sp³-hybridized carbons (Fsp3) is 0.182. The zero-order valence-electron chi connectivity index (χ0n) is 10.5.